The van der Waals surface area contributed by atoms with Crippen molar-refractivity contribution >= 4 is 5.91 Å². The summed E-state index contributed by atoms with van der Waals surface area (Å²) >= 11 is 0. The van der Waals surface area contributed by atoms with E-state index in [0.717, 1.165) is 32.5 Å². The van der Waals surface area contributed by atoms with Gasteiger partial charge in [0.05, 0.1) is 5.92 Å². The number of rotatable bonds is 1. The van der Waals surface area contributed by atoms with Gasteiger partial charge in [-0.3, -0.25) is 4.79 Å². The van der Waals surface area contributed by atoms with Gasteiger partial charge < -0.3 is 10.2 Å². The molecule has 2 aliphatic rings. The third kappa shape index (κ3) is 1.98. The van der Waals surface area contributed by atoms with Crippen molar-refractivity contribution < 1.29 is 4.79 Å². The van der Waals surface area contributed by atoms with E-state index >= 15 is 0 Å². The summed E-state index contributed by atoms with van der Waals surface area (Å²) in [5.74, 6) is 0.542. The van der Waals surface area contributed by atoms with Gasteiger partial charge in [-0.2, -0.15) is 0 Å². The molecule has 1 amide bonds. The largest absolute Gasteiger partial charge is 0.335 e. The molecule has 0 spiro atoms. The Labute approximate surface area is 85.2 Å². The zero-order valence-corrected chi connectivity index (χ0v) is 8.70. The Hall–Kier alpha value is -0.830. The number of carbonyl (C=O) groups excluding carboxylic acids is 1. The van der Waals surface area contributed by atoms with E-state index in [9.17, 15) is 4.79 Å². The summed E-state index contributed by atoms with van der Waals surface area (Å²) < 4.78 is 0. The van der Waals surface area contributed by atoms with Crippen LogP contribution < -0.4 is 5.32 Å². The number of hydrogen-bond acceptors (Lipinski definition) is 2. The highest BCUT2D eigenvalue weighted by molar-refractivity contribution is 5.79. The van der Waals surface area contributed by atoms with Crippen molar-refractivity contribution in [2.24, 2.45) is 5.92 Å². The molecule has 2 heterocycles. The van der Waals surface area contributed by atoms with Gasteiger partial charge in [0.15, 0.2) is 0 Å². The van der Waals surface area contributed by atoms with E-state index in [4.69, 9.17) is 0 Å². The quantitative estimate of drug-likeness (QED) is 0.625. The van der Waals surface area contributed by atoms with Crippen LogP contribution in [0.4, 0.5) is 0 Å². The van der Waals surface area contributed by atoms with E-state index in [1.807, 2.05) is 4.90 Å². The fraction of sp³-hybridized carbons (Fsp3) is 0.727. The number of amides is 1. The van der Waals surface area contributed by atoms with Crippen molar-refractivity contribution in [2.45, 2.75) is 25.8 Å². The lowest BCUT2D eigenvalue weighted by Crippen LogP contribution is -2.45. The van der Waals surface area contributed by atoms with Gasteiger partial charge in [-0.25, -0.2) is 0 Å². The first-order chi connectivity index (χ1) is 6.77. The van der Waals surface area contributed by atoms with Crippen LogP contribution in [0.2, 0.25) is 0 Å². The van der Waals surface area contributed by atoms with Gasteiger partial charge in [-0.05, 0) is 19.8 Å². The van der Waals surface area contributed by atoms with Gasteiger partial charge in [-0.15, -0.1) is 0 Å². The summed E-state index contributed by atoms with van der Waals surface area (Å²) in [7, 11) is 0. The SMILES string of the molecule is CC1CCC(C(=O)N2CC=CC2)CN1. The second-order valence-corrected chi connectivity index (χ2v) is 4.30. The number of nitrogens with one attached hydrogen (secondary N) is 1. The topological polar surface area (TPSA) is 32.3 Å². The molecule has 2 unspecified atom stereocenters. The van der Waals surface area contributed by atoms with Gasteiger partial charge >= 0.3 is 0 Å². The summed E-state index contributed by atoms with van der Waals surface area (Å²) in [5, 5.41) is 3.37. The third-order valence-corrected chi connectivity index (χ3v) is 3.14. The minimum absolute atomic E-state index is 0.214. The van der Waals surface area contributed by atoms with Crippen LogP contribution in [0.3, 0.4) is 0 Å². The summed E-state index contributed by atoms with van der Waals surface area (Å²) in [4.78, 5) is 13.9. The van der Waals surface area contributed by atoms with E-state index in [2.05, 4.69) is 24.4 Å². The van der Waals surface area contributed by atoms with E-state index in [-0.39, 0.29) is 5.92 Å². The number of hydrogen-bond donors (Lipinski definition) is 1. The highest BCUT2D eigenvalue weighted by Gasteiger charge is 2.27. The summed E-state index contributed by atoms with van der Waals surface area (Å²) in [6.45, 7) is 4.66. The average Bonchev–Trinajstić information content (AvgIpc) is 2.71. The van der Waals surface area contributed by atoms with Crippen LogP contribution in [0, 0.1) is 5.92 Å². The maximum absolute atomic E-state index is 12.0. The van der Waals surface area contributed by atoms with E-state index in [1.54, 1.807) is 0 Å². The van der Waals surface area contributed by atoms with Gasteiger partial charge in [0.2, 0.25) is 5.91 Å². The smallest absolute Gasteiger partial charge is 0.227 e. The molecule has 1 saturated heterocycles. The molecular weight excluding hydrogens is 176 g/mol. The molecule has 2 aliphatic heterocycles. The molecule has 1 N–H and O–H groups in total. The molecule has 0 aliphatic carbocycles. The lowest BCUT2D eigenvalue weighted by Gasteiger charge is -2.29. The Balaban J connectivity index is 1.85. The van der Waals surface area contributed by atoms with Gasteiger partial charge in [0.1, 0.15) is 0 Å². The third-order valence-electron chi connectivity index (χ3n) is 3.14. The number of carbonyl (C=O) groups is 1. The molecule has 14 heavy (non-hydrogen) atoms. The Kier molecular flexibility index (Phi) is 2.87. The zero-order valence-electron chi connectivity index (χ0n) is 8.70. The fourth-order valence-corrected chi connectivity index (χ4v) is 2.13. The predicted molar refractivity (Wildman–Crippen MR) is 55.9 cm³/mol. The maximum Gasteiger partial charge on any atom is 0.227 e. The Bertz CT molecular complexity index is 234. The molecule has 78 valence electrons. The second-order valence-electron chi connectivity index (χ2n) is 4.30. The van der Waals surface area contributed by atoms with Crippen molar-refractivity contribution in [1.29, 1.82) is 0 Å². The second kappa shape index (κ2) is 4.13. The first-order valence-electron chi connectivity index (χ1n) is 5.44. The van der Waals surface area contributed by atoms with Crippen molar-refractivity contribution in [3.8, 4) is 0 Å². The normalized spacial score (nSPS) is 32.2. The first-order valence-corrected chi connectivity index (χ1v) is 5.44. The molecule has 0 radical (unpaired) electrons. The van der Waals surface area contributed by atoms with Crippen molar-refractivity contribution in [3.63, 3.8) is 0 Å². The molecule has 2 atom stereocenters. The molecule has 0 aromatic heterocycles. The lowest BCUT2D eigenvalue weighted by atomic mass is 9.94. The summed E-state index contributed by atoms with van der Waals surface area (Å²) in [5.41, 5.74) is 0. The Morgan fingerprint density at radius 1 is 1.36 bits per heavy atom. The highest BCUT2D eigenvalue weighted by atomic mass is 16.2. The first kappa shape index (κ1) is 9.71. The molecule has 0 bridgehead atoms. The van der Waals surface area contributed by atoms with E-state index < -0.39 is 0 Å². The molecule has 2 rings (SSSR count). The van der Waals surface area contributed by atoms with Crippen molar-refractivity contribution in [2.75, 3.05) is 19.6 Å². The van der Waals surface area contributed by atoms with Gasteiger partial charge in [-0.1, -0.05) is 12.2 Å². The average molecular weight is 194 g/mol. The Morgan fingerprint density at radius 3 is 2.64 bits per heavy atom. The minimum Gasteiger partial charge on any atom is -0.335 e. The number of piperidine rings is 1. The van der Waals surface area contributed by atoms with E-state index in [0.29, 0.717) is 11.9 Å². The van der Waals surface area contributed by atoms with Crippen LogP contribution in [-0.2, 0) is 4.79 Å². The van der Waals surface area contributed by atoms with Crippen molar-refractivity contribution in [3.05, 3.63) is 12.2 Å². The fourth-order valence-electron chi connectivity index (χ4n) is 2.13. The molecule has 0 aromatic carbocycles. The molecule has 3 heteroatoms. The maximum atomic E-state index is 12.0. The number of nitrogens with zero attached hydrogens (tertiary/aromatic N) is 1. The summed E-state index contributed by atoms with van der Waals surface area (Å²) in [6, 6.07) is 0.579. The van der Waals surface area contributed by atoms with Gasteiger partial charge in [0.25, 0.3) is 0 Å². The predicted octanol–water partition coefficient (Wildman–Crippen LogP) is 0.773. The monoisotopic (exact) mass is 194 g/mol. The lowest BCUT2D eigenvalue weighted by molar-refractivity contribution is -0.134. The zero-order chi connectivity index (χ0) is 9.97. The van der Waals surface area contributed by atoms with Crippen LogP contribution in [0.15, 0.2) is 12.2 Å². The van der Waals surface area contributed by atoms with Crippen molar-refractivity contribution in [1.82, 2.24) is 10.2 Å². The van der Waals surface area contributed by atoms with Crippen LogP contribution in [0.5, 0.6) is 0 Å². The summed E-state index contributed by atoms with van der Waals surface area (Å²) in [6.07, 6.45) is 6.30. The van der Waals surface area contributed by atoms with E-state index in [1.165, 1.54) is 0 Å². The molecule has 0 saturated carbocycles. The minimum atomic E-state index is 0.214. The molecule has 0 aromatic rings. The van der Waals surface area contributed by atoms with Crippen LogP contribution in [0.1, 0.15) is 19.8 Å². The molecular formula is C11H18N2O. The highest BCUT2D eigenvalue weighted by Crippen LogP contribution is 2.17. The molecule has 3 nitrogen and oxygen atoms in total. The van der Waals surface area contributed by atoms with Crippen LogP contribution in [0.25, 0.3) is 0 Å². The van der Waals surface area contributed by atoms with Crippen LogP contribution in [-0.4, -0.2) is 36.5 Å². The standard InChI is InChI=1S/C11H18N2O/c1-9-4-5-10(8-12-9)11(14)13-6-2-3-7-13/h2-3,9-10,12H,4-8H2,1H3. The Morgan fingerprint density at radius 2 is 2.07 bits per heavy atom. The van der Waals surface area contributed by atoms with Gasteiger partial charge in [0, 0.05) is 25.7 Å². The molecule has 1 fully saturated rings. The van der Waals surface area contributed by atoms with Crippen LogP contribution >= 0.6 is 0 Å².